The topological polar surface area (TPSA) is 74.2 Å². The normalized spacial score (nSPS) is 15.5. The molecule has 0 aliphatic carbocycles. The summed E-state index contributed by atoms with van der Waals surface area (Å²) in [5.41, 5.74) is 5.25. The van der Waals surface area contributed by atoms with Crippen LogP contribution in [0.5, 0.6) is 0 Å². The molecule has 1 aromatic rings. The van der Waals surface area contributed by atoms with E-state index in [1.54, 1.807) is 12.1 Å². The van der Waals surface area contributed by atoms with Crippen molar-refractivity contribution in [2.24, 2.45) is 0 Å². The number of H-pyrrole nitrogens is 1. The van der Waals surface area contributed by atoms with Crippen molar-refractivity contribution in [3.63, 3.8) is 0 Å². The van der Waals surface area contributed by atoms with Crippen molar-refractivity contribution < 1.29 is 9.21 Å². The molecule has 6 nitrogen and oxygen atoms in total. The molecule has 0 bridgehead atoms. The second-order valence-electron chi connectivity index (χ2n) is 6.01. The molecule has 3 aliphatic heterocycles. The number of furan rings is 1. The minimum absolute atomic E-state index is 0.206. The number of pyridine rings is 1. The molecule has 0 saturated heterocycles. The summed E-state index contributed by atoms with van der Waals surface area (Å²) in [4.78, 5) is 22.3. The van der Waals surface area contributed by atoms with Gasteiger partial charge in [-0.05, 0) is 37.2 Å². The van der Waals surface area contributed by atoms with E-state index in [4.69, 9.17) is 4.42 Å². The van der Waals surface area contributed by atoms with Gasteiger partial charge in [0.05, 0.1) is 23.3 Å². The fraction of sp³-hybridized carbons (Fsp3) is 0.222. The van der Waals surface area contributed by atoms with Gasteiger partial charge in [-0.25, -0.2) is 0 Å². The second kappa shape index (κ2) is 5.98. The number of aromatic amines is 1. The fourth-order valence-electron chi connectivity index (χ4n) is 2.92. The maximum Gasteiger partial charge on any atom is 0.272 e. The Kier molecular flexibility index (Phi) is 3.66. The molecule has 4 rings (SSSR count). The highest BCUT2D eigenvalue weighted by molar-refractivity contribution is 6.03. The quantitative estimate of drug-likeness (QED) is 0.777. The fourth-order valence-corrected chi connectivity index (χ4v) is 2.92. The SMILES string of the molecule is CN1CC=C(c2cnc3ccc(C(=O)Nc4ccoc4)[nH]c2-3)CC1. The van der Waals surface area contributed by atoms with E-state index in [9.17, 15) is 4.79 Å². The third-order valence-electron chi connectivity index (χ3n) is 4.31. The van der Waals surface area contributed by atoms with Crippen molar-refractivity contribution in [1.82, 2.24) is 14.9 Å². The Bertz CT molecular complexity index is 863. The van der Waals surface area contributed by atoms with E-state index < -0.39 is 0 Å². The Morgan fingerprint density at radius 1 is 1.38 bits per heavy atom. The van der Waals surface area contributed by atoms with Crippen LogP contribution in [0.15, 0.2) is 47.4 Å². The molecule has 0 radical (unpaired) electrons. The number of nitrogens with one attached hydrogen (secondary N) is 2. The molecule has 0 saturated carbocycles. The molecule has 2 N–H and O–H groups in total. The number of aromatic nitrogens is 2. The molecule has 0 atom stereocenters. The molecular weight excluding hydrogens is 304 g/mol. The van der Waals surface area contributed by atoms with Crippen LogP contribution >= 0.6 is 0 Å². The number of anilines is 1. The van der Waals surface area contributed by atoms with Gasteiger partial charge < -0.3 is 19.6 Å². The minimum Gasteiger partial charge on any atom is -0.470 e. The van der Waals surface area contributed by atoms with Gasteiger partial charge >= 0.3 is 0 Å². The number of fused-ring (bicyclic) bond motifs is 1. The maximum absolute atomic E-state index is 12.4. The lowest BCUT2D eigenvalue weighted by molar-refractivity contribution is 0.102. The van der Waals surface area contributed by atoms with Crippen LogP contribution in [0.3, 0.4) is 0 Å². The largest absolute Gasteiger partial charge is 0.470 e. The van der Waals surface area contributed by atoms with Crippen molar-refractivity contribution >= 4 is 17.2 Å². The van der Waals surface area contributed by atoms with Crippen LogP contribution in [-0.2, 0) is 0 Å². The molecule has 1 aromatic heterocycles. The summed E-state index contributed by atoms with van der Waals surface area (Å²) in [6, 6.07) is 5.32. The smallest absolute Gasteiger partial charge is 0.272 e. The summed E-state index contributed by atoms with van der Waals surface area (Å²) in [6.45, 7) is 1.96. The zero-order chi connectivity index (χ0) is 16.5. The summed E-state index contributed by atoms with van der Waals surface area (Å²) in [5.74, 6) is -0.206. The first kappa shape index (κ1) is 14.7. The molecule has 0 unspecified atom stereocenters. The van der Waals surface area contributed by atoms with Gasteiger partial charge in [0.2, 0.25) is 0 Å². The van der Waals surface area contributed by atoms with E-state index in [1.165, 1.54) is 18.1 Å². The van der Waals surface area contributed by atoms with Crippen LogP contribution in [0, 0.1) is 0 Å². The standard InChI is InChI=1S/C18H18N4O2/c1-22-7-4-12(5-8-22)14-10-19-15-2-3-16(21-17(14)15)18(23)20-13-6-9-24-11-13/h2-4,6,9-11,21H,5,7-8H2,1H3,(H,20,23). The number of hydrogen-bond acceptors (Lipinski definition) is 4. The average Bonchev–Trinajstić information content (AvgIpc) is 3.24. The molecule has 6 heteroatoms. The molecular formula is C18H18N4O2. The van der Waals surface area contributed by atoms with Gasteiger partial charge in [0.1, 0.15) is 12.0 Å². The van der Waals surface area contributed by atoms with Gasteiger partial charge in [-0.3, -0.25) is 9.78 Å². The van der Waals surface area contributed by atoms with Gasteiger partial charge in [-0.15, -0.1) is 0 Å². The Balaban J connectivity index is 1.65. The molecule has 122 valence electrons. The lowest BCUT2D eigenvalue weighted by Gasteiger charge is -2.22. The number of nitrogens with zero attached hydrogens (tertiary/aromatic N) is 2. The highest BCUT2D eigenvalue weighted by atomic mass is 16.3. The molecule has 1 amide bonds. The Morgan fingerprint density at radius 2 is 2.29 bits per heavy atom. The first-order chi connectivity index (χ1) is 11.7. The first-order valence-electron chi connectivity index (χ1n) is 7.90. The number of hydrogen-bond donors (Lipinski definition) is 2. The lowest BCUT2D eigenvalue weighted by Crippen LogP contribution is -2.23. The summed E-state index contributed by atoms with van der Waals surface area (Å²) >= 11 is 0. The van der Waals surface area contributed by atoms with Crippen LogP contribution in [0.2, 0.25) is 0 Å². The molecule has 4 heterocycles. The third-order valence-corrected chi connectivity index (χ3v) is 4.31. The number of rotatable bonds is 3. The zero-order valence-electron chi connectivity index (χ0n) is 13.4. The van der Waals surface area contributed by atoms with E-state index in [0.717, 1.165) is 36.5 Å². The molecule has 0 aromatic carbocycles. The van der Waals surface area contributed by atoms with E-state index in [0.29, 0.717) is 11.4 Å². The second-order valence-corrected chi connectivity index (χ2v) is 6.01. The van der Waals surface area contributed by atoms with Crippen molar-refractivity contribution in [1.29, 1.82) is 0 Å². The third kappa shape index (κ3) is 2.72. The van der Waals surface area contributed by atoms with Crippen molar-refractivity contribution in [2.75, 3.05) is 25.5 Å². The number of carbonyl (C=O) groups excluding carboxylic acids is 1. The maximum atomic E-state index is 12.4. The Morgan fingerprint density at radius 3 is 3.04 bits per heavy atom. The van der Waals surface area contributed by atoms with Gasteiger partial charge in [0, 0.05) is 24.8 Å². The summed E-state index contributed by atoms with van der Waals surface area (Å²) in [6.07, 6.45) is 8.11. The molecule has 3 aliphatic rings. The Labute approximate surface area is 139 Å². The van der Waals surface area contributed by atoms with Crippen LogP contribution in [0.1, 0.15) is 22.5 Å². The number of likely N-dealkylation sites (N-methyl/N-ethyl adjacent to an activating group) is 1. The number of amides is 1. The van der Waals surface area contributed by atoms with Gasteiger partial charge in [-0.1, -0.05) is 6.08 Å². The van der Waals surface area contributed by atoms with Crippen molar-refractivity contribution in [3.8, 4) is 11.4 Å². The summed E-state index contributed by atoms with van der Waals surface area (Å²) < 4.78 is 4.97. The van der Waals surface area contributed by atoms with E-state index in [2.05, 4.69) is 33.3 Å². The zero-order valence-corrected chi connectivity index (χ0v) is 13.4. The molecule has 24 heavy (non-hydrogen) atoms. The predicted molar refractivity (Wildman–Crippen MR) is 92.0 cm³/mol. The molecule has 0 spiro atoms. The average molecular weight is 322 g/mol. The van der Waals surface area contributed by atoms with Crippen LogP contribution < -0.4 is 5.32 Å². The van der Waals surface area contributed by atoms with Gasteiger partial charge in [0.15, 0.2) is 0 Å². The summed E-state index contributed by atoms with van der Waals surface area (Å²) in [7, 11) is 2.11. The highest BCUT2D eigenvalue weighted by Crippen LogP contribution is 2.32. The first-order valence-corrected chi connectivity index (χ1v) is 7.90. The summed E-state index contributed by atoms with van der Waals surface area (Å²) in [5, 5.41) is 2.79. The van der Waals surface area contributed by atoms with Gasteiger partial charge in [-0.2, -0.15) is 0 Å². The van der Waals surface area contributed by atoms with E-state index in [1.807, 2.05) is 12.3 Å². The van der Waals surface area contributed by atoms with Crippen LogP contribution in [0.25, 0.3) is 17.0 Å². The van der Waals surface area contributed by atoms with Crippen molar-refractivity contribution in [3.05, 3.63) is 54.3 Å². The van der Waals surface area contributed by atoms with E-state index >= 15 is 0 Å². The predicted octanol–water partition coefficient (Wildman–Crippen LogP) is 3.08. The van der Waals surface area contributed by atoms with Crippen molar-refractivity contribution in [2.45, 2.75) is 6.42 Å². The highest BCUT2D eigenvalue weighted by Gasteiger charge is 2.19. The minimum atomic E-state index is -0.206. The lowest BCUT2D eigenvalue weighted by atomic mass is 9.99. The van der Waals surface area contributed by atoms with Crippen LogP contribution in [-0.4, -0.2) is 40.9 Å². The van der Waals surface area contributed by atoms with E-state index in [-0.39, 0.29) is 5.91 Å². The number of carbonyl (C=O) groups is 1. The monoisotopic (exact) mass is 322 g/mol. The van der Waals surface area contributed by atoms with Gasteiger partial charge in [0.25, 0.3) is 5.91 Å². The Hall–Kier alpha value is -2.86. The van der Waals surface area contributed by atoms with Crippen LogP contribution in [0.4, 0.5) is 5.69 Å². The molecule has 0 fully saturated rings.